The van der Waals surface area contributed by atoms with E-state index in [1.54, 1.807) is 0 Å². The van der Waals surface area contributed by atoms with Crippen LogP contribution in [-0.2, 0) is 14.3 Å². The molecule has 0 heterocycles. The van der Waals surface area contributed by atoms with Crippen LogP contribution in [0.4, 0.5) is 0 Å². The molecule has 0 saturated heterocycles. The van der Waals surface area contributed by atoms with E-state index in [2.05, 4.69) is 5.32 Å². The van der Waals surface area contributed by atoms with Gasteiger partial charge in [-0.2, -0.15) is 0 Å². The van der Waals surface area contributed by atoms with E-state index in [0.717, 1.165) is 25.7 Å². The maximum Gasteiger partial charge on any atom is 0.308 e. The van der Waals surface area contributed by atoms with Crippen molar-refractivity contribution in [1.82, 2.24) is 5.32 Å². The molecule has 0 radical (unpaired) electrons. The second-order valence-electron chi connectivity index (χ2n) is 5.06. The van der Waals surface area contributed by atoms with Gasteiger partial charge in [0.25, 0.3) is 0 Å². The predicted molar refractivity (Wildman–Crippen MR) is 71.9 cm³/mol. The molecule has 0 aliphatic heterocycles. The maximum atomic E-state index is 11.8. The van der Waals surface area contributed by atoms with Gasteiger partial charge in [0.2, 0.25) is 5.91 Å². The zero-order valence-corrected chi connectivity index (χ0v) is 11.7. The van der Waals surface area contributed by atoms with E-state index in [1.807, 2.05) is 6.92 Å². The highest BCUT2D eigenvalue weighted by molar-refractivity contribution is 5.78. The lowest BCUT2D eigenvalue weighted by atomic mass is 9.94. The summed E-state index contributed by atoms with van der Waals surface area (Å²) in [5.74, 6) is -1.28. The van der Waals surface area contributed by atoms with Crippen LogP contribution in [-0.4, -0.2) is 36.2 Å². The zero-order valence-electron chi connectivity index (χ0n) is 11.7. The van der Waals surface area contributed by atoms with Crippen LogP contribution >= 0.6 is 0 Å². The Morgan fingerprint density at radius 2 is 2.00 bits per heavy atom. The molecule has 1 amide bonds. The normalized spacial score (nSPS) is 23.6. The van der Waals surface area contributed by atoms with E-state index in [0.29, 0.717) is 32.5 Å². The zero-order chi connectivity index (χ0) is 14.1. The van der Waals surface area contributed by atoms with Gasteiger partial charge in [0.15, 0.2) is 0 Å². The van der Waals surface area contributed by atoms with Gasteiger partial charge >= 0.3 is 5.97 Å². The third-order valence-electron chi connectivity index (χ3n) is 3.58. The standard InChI is InChI=1S/C14H25NO4/c1-2-19-10-6-9-13(16)15-12-8-5-3-4-7-11(12)14(17)18/h11-12H,2-10H2,1H3,(H,15,16)(H,17,18). The predicted octanol–water partition coefficient (Wildman–Crippen LogP) is 1.95. The summed E-state index contributed by atoms with van der Waals surface area (Å²) in [6.45, 7) is 3.16. The van der Waals surface area contributed by atoms with Gasteiger partial charge in [-0.3, -0.25) is 9.59 Å². The molecule has 110 valence electrons. The van der Waals surface area contributed by atoms with Gasteiger partial charge in [-0.25, -0.2) is 0 Å². The Kier molecular flexibility index (Phi) is 7.48. The topological polar surface area (TPSA) is 75.6 Å². The van der Waals surface area contributed by atoms with Crippen molar-refractivity contribution in [1.29, 1.82) is 0 Å². The average Bonchev–Trinajstić information content (AvgIpc) is 2.60. The fourth-order valence-electron chi connectivity index (χ4n) is 2.53. The Morgan fingerprint density at radius 1 is 1.26 bits per heavy atom. The number of carboxylic acid groups (broad SMARTS) is 1. The fraction of sp³-hybridized carbons (Fsp3) is 0.857. The third-order valence-corrected chi connectivity index (χ3v) is 3.58. The lowest BCUT2D eigenvalue weighted by Crippen LogP contribution is -2.42. The summed E-state index contributed by atoms with van der Waals surface area (Å²) < 4.78 is 5.18. The first kappa shape index (κ1) is 16.0. The number of carboxylic acids is 1. The number of carbonyl (C=O) groups excluding carboxylic acids is 1. The molecule has 2 atom stereocenters. The highest BCUT2D eigenvalue weighted by atomic mass is 16.5. The Hall–Kier alpha value is -1.10. The van der Waals surface area contributed by atoms with Crippen LogP contribution in [0.2, 0.25) is 0 Å². The molecule has 0 aromatic heterocycles. The van der Waals surface area contributed by atoms with E-state index in [1.165, 1.54) is 0 Å². The highest BCUT2D eigenvalue weighted by Gasteiger charge is 2.30. The molecule has 19 heavy (non-hydrogen) atoms. The number of nitrogens with one attached hydrogen (secondary N) is 1. The molecule has 1 fully saturated rings. The Morgan fingerprint density at radius 3 is 2.68 bits per heavy atom. The number of carbonyl (C=O) groups is 2. The van der Waals surface area contributed by atoms with Crippen LogP contribution in [0.15, 0.2) is 0 Å². The van der Waals surface area contributed by atoms with Crippen LogP contribution in [0.25, 0.3) is 0 Å². The molecule has 1 saturated carbocycles. The number of amides is 1. The fourth-order valence-corrected chi connectivity index (χ4v) is 2.53. The van der Waals surface area contributed by atoms with Crippen molar-refractivity contribution in [2.75, 3.05) is 13.2 Å². The SMILES string of the molecule is CCOCCCC(=O)NC1CCCCCC1C(=O)O. The van der Waals surface area contributed by atoms with Gasteiger partial charge in [-0.15, -0.1) is 0 Å². The van der Waals surface area contributed by atoms with Crippen molar-refractivity contribution in [2.45, 2.75) is 57.9 Å². The summed E-state index contributed by atoms with van der Waals surface area (Å²) in [7, 11) is 0. The minimum absolute atomic E-state index is 0.0575. The molecule has 5 heteroatoms. The first-order chi connectivity index (χ1) is 9.15. The van der Waals surface area contributed by atoms with E-state index in [-0.39, 0.29) is 11.9 Å². The average molecular weight is 271 g/mol. The van der Waals surface area contributed by atoms with E-state index < -0.39 is 11.9 Å². The lowest BCUT2D eigenvalue weighted by molar-refractivity contribution is -0.143. The van der Waals surface area contributed by atoms with Crippen molar-refractivity contribution >= 4 is 11.9 Å². The first-order valence-corrected chi connectivity index (χ1v) is 7.25. The number of hydrogen-bond donors (Lipinski definition) is 2. The van der Waals surface area contributed by atoms with Gasteiger partial charge in [0.05, 0.1) is 5.92 Å². The molecule has 2 unspecified atom stereocenters. The second-order valence-corrected chi connectivity index (χ2v) is 5.06. The van der Waals surface area contributed by atoms with Crippen molar-refractivity contribution < 1.29 is 19.4 Å². The van der Waals surface area contributed by atoms with Gasteiger partial charge in [0.1, 0.15) is 0 Å². The quantitative estimate of drug-likeness (QED) is 0.548. The van der Waals surface area contributed by atoms with E-state index >= 15 is 0 Å². The Bertz CT molecular complexity index is 293. The number of rotatable bonds is 7. The van der Waals surface area contributed by atoms with E-state index in [4.69, 9.17) is 4.74 Å². The minimum Gasteiger partial charge on any atom is -0.481 e. The van der Waals surface area contributed by atoms with Crippen molar-refractivity contribution in [3.05, 3.63) is 0 Å². The van der Waals surface area contributed by atoms with Gasteiger partial charge in [-0.05, 0) is 26.2 Å². The summed E-state index contributed by atoms with van der Waals surface area (Å²) >= 11 is 0. The van der Waals surface area contributed by atoms with Gasteiger partial charge in [0, 0.05) is 25.7 Å². The Labute approximate surface area is 114 Å². The molecule has 1 aliphatic rings. The maximum absolute atomic E-state index is 11.8. The molecular weight excluding hydrogens is 246 g/mol. The molecule has 5 nitrogen and oxygen atoms in total. The van der Waals surface area contributed by atoms with Crippen molar-refractivity contribution in [3.63, 3.8) is 0 Å². The van der Waals surface area contributed by atoms with Gasteiger partial charge < -0.3 is 15.2 Å². The highest BCUT2D eigenvalue weighted by Crippen LogP contribution is 2.23. The van der Waals surface area contributed by atoms with Gasteiger partial charge in [-0.1, -0.05) is 19.3 Å². The Balaban J connectivity index is 2.38. The van der Waals surface area contributed by atoms with Crippen LogP contribution < -0.4 is 5.32 Å². The van der Waals surface area contributed by atoms with Crippen LogP contribution in [0.3, 0.4) is 0 Å². The third kappa shape index (κ3) is 6.05. The van der Waals surface area contributed by atoms with Crippen molar-refractivity contribution in [3.8, 4) is 0 Å². The molecular formula is C14H25NO4. The summed E-state index contributed by atoms with van der Waals surface area (Å²) in [5, 5.41) is 12.1. The molecule has 2 N–H and O–H groups in total. The molecule has 0 spiro atoms. The first-order valence-electron chi connectivity index (χ1n) is 7.25. The van der Waals surface area contributed by atoms with Crippen LogP contribution in [0.1, 0.15) is 51.9 Å². The summed E-state index contributed by atoms with van der Waals surface area (Å²) in [6, 6.07) is -0.209. The number of aliphatic carboxylic acids is 1. The van der Waals surface area contributed by atoms with Crippen molar-refractivity contribution in [2.24, 2.45) is 5.92 Å². The minimum atomic E-state index is -0.790. The van der Waals surface area contributed by atoms with Crippen LogP contribution in [0, 0.1) is 5.92 Å². The summed E-state index contributed by atoms with van der Waals surface area (Å²) in [6.07, 6.45) is 5.52. The molecule has 0 aromatic carbocycles. The summed E-state index contributed by atoms with van der Waals surface area (Å²) in [4.78, 5) is 23.0. The van der Waals surface area contributed by atoms with Crippen LogP contribution in [0.5, 0.6) is 0 Å². The molecule has 1 aliphatic carbocycles. The lowest BCUT2D eigenvalue weighted by Gasteiger charge is -2.22. The second kappa shape index (κ2) is 8.91. The largest absolute Gasteiger partial charge is 0.481 e. The van der Waals surface area contributed by atoms with E-state index in [9.17, 15) is 14.7 Å². The monoisotopic (exact) mass is 271 g/mol. The number of ether oxygens (including phenoxy) is 1. The molecule has 1 rings (SSSR count). The summed E-state index contributed by atoms with van der Waals surface area (Å²) in [5.41, 5.74) is 0. The molecule has 0 bridgehead atoms. The molecule has 0 aromatic rings. The smallest absolute Gasteiger partial charge is 0.308 e. The number of hydrogen-bond acceptors (Lipinski definition) is 3.